The SMILES string of the molecule is O=S([O-])N(Cc1ccccc1)c1ccc(F)cc1. The maximum Gasteiger partial charge on any atom is 0.123 e. The lowest BCUT2D eigenvalue weighted by Crippen LogP contribution is -2.24. The third-order valence-corrected chi connectivity index (χ3v) is 3.16. The molecule has 0 aromatic heterocycles. The Balaban J connectivity index is 2.24. The summed E-state index contributed by atoms with van der Waals surface area (Å²) in [4.78, 5) is 0. The molecule has 0 aliphatic carbocycles. The summed E-state index contributed by atoms with van der Waals surface area (Å²) in [5, 5.41) is 0. The summed E-state index contributed by atoms with van der Waals surface area (Å²) < 4.78 is 36.4. The van der Waals surface area contributed by atoms with Crippen LogP contribution < -0.4 is 4.31 Å². The van der Waals surface area contributed by atoms with Crippen LogP contribution in [0.25, 0.3) is 0 Å². The van der Waals surface area contributed by atoms with Gasteiger partial charge in [0, 0.05) is 17.0 Å². The Morgan fingerprint density at radius 3 is 2.22 bits per heavy atom. The molecule has 0 radical (unpaired) electrons. The van der Waals surface area contributed by atoms with Crippen molar-refractivity contribution >= 4 is 17.0 Å². The van der Waals surface area contributed by atoms with Gasteiger partial charge in [-0.1, -0.05) is 30.3 Å². The lowest BCUT2D eigenvalue weighted by Gasteiger charge is -2.26. The monoisotopic (exact) mass is 264 g/mol. The fourth-order valence-electron chi connectivity index (χ4n) is 1.59. The second kappa shape index (κ2) is 5.75. The van der Waals surface area contributed by atoms with Crippen LogP contribution in [0.15, 0.2) is 54.6 Å². The summed E-state index contributed by atoms with van der Waals surface area (Å²) in [5.74, 6) is -0.393. The van der Waals surface area contributed by atoms with Crippen molar-refractivity contribution < 1.29 is 13.2 Å². The van der Waals surface area contributed by atoms with E-state index in [1.54, 1.807) is 0 Å². The predicted octanol–water partition coefficient (Wildman–Crippen LogP) is 2.63. The van der Waals surface area contributed by atoms with Gasteiger partial charge in [-0.05, 0) is 29.8 Å². The Labute approximate surface area is 107 Å². The van der Waals surface area contributed by atoms with Gasteiger partial charge < -0.3 is 4.55 Å². The maximum atomic E-state index is 12.8. The van der Waals surface area contributed by atoms with Crippen molar-refractivity contribution in [2.45, 2.75) is 6.54 Å². The average molecular weight is 264 g/mol. The number of rotatable bonds is 4. The Morgan fingerprint density at radius 1 is 1.06 bits per heavy atom. The summed E-state index contributed by atoms with van der Waals surface area (Å²) in [5.41, 5.74) is 1.31. The van der Waals surface area contributed by atoms with Gasteiger partial charge in [-0.2, -0.15) is 0 Å². The molecule has 5 heteroatoms. The topological polar surface area (TPSA) is 43.4 Å². The van der Waals surface area contributed by atoms with E-state index in [1.807, 2.05) is 30.3 Å². The summed E-state index contributed by atoms with van der Waals surface area (Å²) in [6, 6.07) is 14.6. The first-order valence-electron chi connectivity index (χ1n) is 5.33. The van der Waals surface area contributed by atoms with Crippen LogP contribution in [0.1, 0.15) is 5.56 Å². The second-order valence-corrected chi connectivity index (χ2v) is 4.59. The zero-order valence-corrected chi connectivity index (χ0v) is 10.3. The molecule has 0 saturated heterocycles. The van der Waals surface area contributed by atoms with Crippen molar-refractivity contribution in [3.05, 3.63) is 66.0 Å². The minimum Gasteiger partial charge on any atom is -0.755 e. The largest absolute Gasteiger partial charge is 0.755 e. The Bertz CT molecular complexity index is 530. The molecule has 0 amide bonds. The van der Waals surface area contributed by atoms with E-state index >= 15 is 0 Å². The Hall–Kier alpha value is -1.72. The van der Waals surface area contributed by atoms with Crippen LogP contribution in [-0.2, 0) is 17.8 Å². The molecule has 0 aliphatic rings. The molecule has 0 N–H and O–H groups in total. The van der Waals surface area contributed by atoms with E-state index in [-0.39, 0.29) is 6.54 Å². The molecule has 1 unspecified atom stereocenters. The first-order chi connectivity index (χ1) is 8.66. The van der Waals surface area contributed by atoms with Gasteiger partial charge in [0.1, 0.15) is 5.82 Å². The Kier molecular flexibility index (Phi) is 4.07. The predicted molar refractivity (Wildman–Crippen MR) is 67.9 cm³/mol. The molecule has 0 aliphatic heterocycles. The van der Waals surface area contributed by atoms with E-state index in [0.717, 1.165) is 5.56 Å². The highest BCUT2D eigenvalue weighted by atomic mass is 32.2. The molecule has 2 aromatic rings. The van der Waals surface area contributed by atoms with Gasteiger partial charge in [0.15, 0.2) is 0 Å². The van der Waals surface area contributed by atoms with Crippen LogP contribution in [0.5, 0.6) is 0 Å². The van der Waals surface area contributed by atoms with E-state index in [4.69, 9.17) is 0 Å². The normalized spacial score (nSPS) is 12.1. The zero-order chi connectivity index (χ0) is 13.0. The van der Waals surface area contributed by atoms with Gasteiger partial charge in [0.05, 0.1) is 6.54 Å². The highest BCUT2D eigenvalue weighted by Gasteiger charge is 2.08. The van der Waals surface area contributed by atoms with Gasteiger partial charge in [0.2, 0.25) is 0 Å². The zero-order valence-electron chi connectivity index (χ0n) is 9.45. The highest BCUT2D eigenvalue weighted by molar-refractivity contribution is 7.80. The summed E-state index contributed by atoms with van der Waals surface area (Å²) in [6.07, 6.45) is 0. The van der Waals surface area contributed by atoms with Gasteiger partial charge in [0.25, 0.3) is 0 Å². The van der Waals surface area contributed by atoms with Crippen LogP contribution in [0, 0.1) is 5.82 Å². The minimum absolute atomic E-state index is 0.225. The van der Waals surface area contributed by atoms with E-state index in [9.17, 15) is 13.2 Å². The number of anilines is 1. The van der Waals surface area contributed by atoms with Crippen molar-refractivity contribution in [2.24, 2.45) is 0 Å². The summed E-state index contributed by atoms with van der Waals surface area (Å²) in [6.45, 7) is 0.225. The lowest BCUT2D eigenvalue weighted by atomic mass is 10.2. The van der Waals surface area contributed by atoms with E-state index in [1.165, 1.54) is 28.6 Å². The van der Waals surface area contributed by atoms with Crippen LogP contribution in [0.2, 0.25) is 0 Å². The van der Waals surface area contributed by atoms with Crippen molar-refractivity contribution in [2.75, 3.05) is 4.31 Å². The molecule has 0 fully saturated rings. The highest BCUT2D eigenvalue weighted by Crippen LogP contribution is 2.18. The number of hydrogen-bond donors (Lipinski definition) is 0. The molecule has 2 aromatic carbocycles. The van der Waals surface area contributed by atoms with E-state index < -0.39 is 17.1 Å². The maximum absolute atomic E-state index is 12.8. The lowest BCUT2D eigenvalue weighted by molar-refractivity contribution is 0.531. The first-order valence-corrected chi connectivity index (χ1v) is 6.36. The van der Waals surface area contributed by atoms with Crippen molar-refractivity contribution in [1.82, 2.24) is 0 Å². The second-order valence-electron chi connectivity index (χ2n) is 3.72. The molecular weight excluding hydrogens is 253 g/mol. The van der Waals surface area contributed by atoms with Crippen LogP contribution in [0.3, 0.4) is 0 Å². The molecule has 0 saturated carbocycles. The molecule has 1 atom stereocenters. The average Bonchev–Trinajstić information content (AvgIpc) is 2.38. The molecule has 94 valence electrons. The summed E-state index contributed by atoms with van der Waals surface area (Å²) >= 11 is -2.40. The van der Waals surface area contributed by atoms with Crippen molar-refractivity contribution in [3.8, 4) is 0 Å². The molecule has 0 bridgehead atoms. The number of nitrogens with zero attached hydrogens (tertiary/aromatic N) is 1. The summed E-state index contributed by atoms with van der Waals surface area (Å²) in [7, 11) is 0. The fourth-order valence-corrected chi connectivity index (χ4v) is 2.13. The standard InChI is InChI=1S/C13H12FNO2S/c14-12-6-8-13(9-7-12)15(18(16)17)10-11-4-2-1-3-5-11/h1-9H,10H2,(H,16,17)/p-1. The van der Waals surface area contributed by atoms with Crippen LogP contribution in [0.4, 0.5) is 10.1 Å². The van der Waals surface area contributed by atoms with Gasteiger partial charge >= 0.3 is 0 Å². The van der Waals surface area contributed by atoms with Crippen molar-refractivity contribution in [3.63, 3.8) is 0 Å². The third-order valence-electron chi connectivity index (χ3n) is 2.46. The Morgan fingerprint density at radius 2 is 1.67 bits per heavy atom. The van der Waals surface area contributed by atoms with Crippen molar-refractivity contribution in [1.29, 1.82) is 0 Å². The van der Waals surface area contributed by atoms with E-state index in [0.29, 0.717) is 5.69 Å². The molecular formula is C13H11FNO2S-. The number of benzene rings is 2. The van der Waals surface area contributed by atoms with Gasteiger partial charge in [-0.25, -0.2) is 4.39 Å². The number of halogens is 1. The molecule has 3 nitrogen and oxygen atoms in total. The molecule has 0 heterocycles. The quantitative estimate of drug-likeness (QED) is 0.797. The van der Waals surface area contributed by atoms with Crippen LogP contribution in [-0.4, -0.2) is 8.76 Å². The van der Waals surface area contributed by atoms with E-state index in [2.05, 4.69) is 0 Å². The molecule has 2 rings (SSSR count). The van der Waals surface area contributed by atoms with Gasteiger partial charge in [-0.15, -0.1) is 0 Å². The molecule has 0 spiro atoms. The van der Waals surface area contributed by atoms with Crippen LogP contribution >= 0.6 is 0 Å². The number of hydrogen-bond acceptors (Lipinski definition) is 2. The van der Waals surface area contributed by atoms with Gasteiger partial charge in [-0.3, -0.25) is 8.51 Å². The smallest absolute Gasteiger partial charge is 0.123 e. The minimum atomic E-state index is -2.40. The fraction of sp³-hybridized carbons (Fsp3) is 0.0769. The third kappa shape index (κ3) is 3.15. The molecule has 18 heavy (non-hydrogen) atoms. The first kappa shape index (κ1) is 12.7.